The molecule has 0 bridgehead atoms. The summed E-state index contributed by atoms with van der Waals surface area (Å²) in [5.74, 6) is 1.81. The van der Waals surface area contributed by atoms with Crippen molar-refractivity contribution in [2.75, 3.05) is 27.4 Å². The third-order valence-corrected chi connectivity index (χ3v) is 8.04. The quantitative estimate of drug-likeness (QED) is 0.317. The van der Waals surface area contributed by atoms with Crippen LogP contribution in [-0.4, -0.2) is 68.6 Å². The van der Waals surface area contributed by atoms with Crippen LogP contribution in [0.25, 0.3) is 10.9 Å². The highest BCUT2D eigenvalue weighted by Crippen LogP contribution is 2.36. The average Bonchev–Trinajstić information content (AvgIpc) is 3.77. The summed E-state index contributed by atoms with van der Waals surface area (Å²) in [6.45, 7) is 1.92. The minimum Gasteiger partial charge on any atom is -0.493 e. The molecule has 1 aliphatic heterocycles. The molecule has 2 aliphatic rings. The SMILES string of the molecule is COc1cc2cc([C@@H](c3nnnn3C3CCCC3)N(Cc3cccnc3)C[C@@H]3CCCO3)c(=O)[nH]c2cc1OC. The van der Waals surface area contributed by atoms with Crippen LogP contribution < -0.4 is 15.0 Å². The fraction of sp³-hybridized carbons (Fsp3) is 0.483. The van der Waals surface area contributed by atoms with Gasteiger partial charge in [-0.1, -0.05) is 18.9 Å². The van der Waals surface area contributed by atoms with Crippen LogP contribution in [0.15, 0.2) is 47.5 Å². The number of methoxy groups -OCH3 is 2. The van der Waals surface area contributed by atoms with Crippen LogP contribution in [0, 0.1) is 0 Å². The first-order valence-corrected chi connectivity index (χ1v) is 14.0. The number of tetrazole rings is 1. The molecule has 6 rings (SSSR count). The van der Waals surface area contributed by atoms with E-state index in [1.807, 2.05) is 35.1 Å². The molecule has 11 nitrogen and oxygen atoms in total. The van der Waals surface area contributed by atoms with Gasteiger partial charge in [-0.25, -0.2) is 4.68 Å². The van der Waals surface area contributed by atoms with Crippen molar-refractivity contribution in [3.63, 3.8) is 0 Å². The first kappa shape index (κ1) is 26.4. The maximum Gasteiger partial charge on any atom is 0.253 e. The van der Waals surface area contributed by atoms with Gasteiger partial charge in [-0.2, -0.15) is 0 Å². The number of pyridine rings is 2. The number of nitrogens with zero attached hydrogens (tertiary/aromatic N) is 6. The molecule has 210 valence electrons. The largest absolute Gasteiger partial charge is 0.493 e. The van der Waals surface area contributed by atoms with Crippen LogP contribution in [0.2, 0.25) is 0 Å². The summed E-state index contributed by atoms with van der Waals surface area (Å²) in [4.78, 5) is 23.6. The topological polar surface area (TPSA) is 120 Å². The standard InChI is InChI=1S/C29H35N7O4/c1-38-25-14-20-13-23(29(37)31-24(20)15-26(25)39-2)27(28-32-33-34-36(28)21-8-3-4-9-21)35(18-22-10-6-12-40-22)17-19-7-5-11-30-16-19/h5,7,11,13-16,21-22,27H,3-4,6,8-10,12,17-18H2,1-2H3,(H,31,37)/t22-,27-/m0/s1. The number of fused-ring (bicyclic) bond motifs is 1. The second-order valence-electron chi connectivity index (χ2n) is 10.6. The van der Waals surface area contributed by atoms with Gasteiger partial charge in [0.1, 0.15) is 6.04 Å². The summed E-state index contributed by atoms with van der Waals surface area (Å²) in [7, 11) is 3.18. The molecule has 3 aromatic heterocycles. The van der Waals surface area contributed by atoms with Crippen LogP contribution in [0.1, 0.15) is 67.6 Å². The van der Waals surface area contributed by atoms with E-state index in [-0.39, 0.29) is 17.7 Å². The Kier molecular flexibility index (Phi) is 7.74. The van der Waals surface area contributed by atoms with Gasteiger partial charge in [0.25, 0.3) is 5.56 Å². The van der Waals surface area contributed by atoms with E-state index in [1.54, 1.807) is 26.5 Å². The Morgan fingerprint density at radius 1 is 1.12 bits per heavy atom. The maximum absolute atomic E-state index is 13.9. The van der Waals surface area contributed by atoms with Gasteiger partial charge in [0.15, 0.2) is 17.3 Å². The summed E-state index contributed by atoms with van der Waals surface area (Å²) >= 11 is 0. The third-order valence-electron chi connectivity index (χ3n) is 8.04. The number of benzene rings is 1. The first-order valence-electron chi connectivity index (χ1n) is 14.0. The van der Waals surface area contributed by atoms with Crippen LogP contribution >= 0.6 is 0 Å². The summed E-state index contributed by atoms with van der Waals surface area (Å²) in [6.07, 6.45) is 9.99. The number of hydrogen-bond donors (Lipinski definition) is 1. The highest BCUT2D eigenvalue weighted by atomic mass is 16.5. The lowest BCUT2D eigenvalue weighted by molar-refractivity contribution is 0.0569. The van der Waals surface area contributed by atoms with E-state index in [0.717, 1.165) is 56.1 Å². The lowest BCUT2D eigenvalue weighted by Crippen LogP contribution is -2.39. The van der Waals surface area contributed by atoms with Crippen molar-refractivity contribution in [1.82, 2.24) is 35.1 Å². The molecule has 0 unspecified atom stereocenters. The summed E-state index contributed by atoms with van der Waals surface area (Å²) in [5.41, 5.74) is 2.07. The highest BCUT2D eigenvalue weighted by Gasteiger charge is 2.35. The van der Waals surface area contributed by atoms with E-state index in [2.05, 4.69) is 30.4 Å². The third kappa shape index (κ3) is 5.31. The molecule has 1 aliphatic carbocycles. The number of rotatable bonds is 10. The Morgan fingerprint density at radius 3 is 2.67 bits per heavy atom. The van der Waals surface area contributed by atoms with Gasteiger partial charge < -0.3 is 19.2 Å². The number of H-pyrrole nitrogens is 1. The molecule has 4 heterocycles. The Labute approximate surface area is 232 Å². The van der Waals surface area contributed by atoms with Crippen molar-refractivity contribution in [2.24, 2.45) is 0 Å². The van der Waals surface area contributed by atoms with Crippen LogP contribution in [0.5, 0.6) is 11.5 Å². The fourth-order valence-electron chi connectivity index (χ4n) is 6.08. The molecule has 1 aromatic carbocycles. The molecule has 0 radical (unpaired) electrons. The normalized spacial score (nSPS) is 18.5. The van der Waals surface area contributed by atoms with Crippen molar-refractivity contribution >= 4 is 10.9 Å². The molecular formula is C29H35N7O4. The zero-order chi connectivity index (χ0) is 27.5. The molecule has 2 fully saturated rings. The van der Waals surface area contributed by atoms with Gasteiger partial charge in [0, 0.05) is 49.1 Å². The van der Waals surface area contributed by atoms with Crippen molar-refractivity contribution in [3.05, 3.63) is 70.0 Å². The zero-order valence-electron chi connectivity index (χ0n) is 23.0. The molecule has 1 saturated heterocycles. The lowest BCUT2D eigenvalue weighted by atomic mass is 10.0. The monoisotopic (exact) mass is 545 g/mol. The number of hydrogen-bond acceptors (Lipinski definition) is 9. The van der Waals surface area contributed by atoms with Crippen molar-refractivity contribution in [3.8, 4) is 11.5 Å². The van der Waals surface area contributed by atoms with E-state index in [9.17, 15) is 4.79 Å². The van der Waals surface area contributed by atoms with Crippen LogP contribution in [-0.2, 0) is 11.3 Å². The van der Waals surface area contributed by atoms with Gasteiger partial charge in [-0.05, 0) is 59.9 Å². The minimum absolute atomic E-state index is 0.0545. The molecule has 0 amide bonds. The molecule has 1 N–H and O–H groups in total. The van der Waals surface area contributed by atoms with Crippen LogP contribution in [0.4, 0.5) is 0 Å². The summed E-state index contributed by atoms with van der Waals surface area (Å²) in [5, 5.41) is 14.0. The first-order chi connectivity index (χ1) is 19.6. The Hall–Kier alpha value is -3.83. The van der Waals surface area contributed by atoms with E-state index >= 15 is 0 Å². The number of aromatic nitrogens is 6. The molecule has 40 heavy (non-hydrogen) atoms. The number of nitrogens with one attached hydrogen (secondary N) is 1. The van der Waals surface area contributed by atoms with Crippen molar-refractivity contribution < 1.29 is 14.2 Å². The Morgan fingerprint density at radius 2 is 1.95 bits per heavy atom. The molecule has 1 saturated carbocycles. The smallest absolute Gasteiger partial charge is 0.253 e. The molecule has 0 spiro atoms. The van der Waals surface area contributed by atoms with Gasteiger partial charge >= 0.3 is 0 Å². The fourth-order valence-corrected chi connectivity index (χ4v) is 6.08. The summed E-state index contributed by atoms with van der Waals surface area (Å²) < 4.78 is 19.1. The Balaban J connectivity index is 1.52. The predicted octanol–water partition coefficient (Wildman–Crippen LogP) is 3.81. The predicted molar refractivity (Wildman–Crippen MR) is 148 cm³/mol. The number of aromatic amines is 1. The van der Waals surface area contributed by atoms with Crippen molar-refractivity contribution in [1.29, 1.82) is 0 Å². The van der Waals surface area contributed by atoms with E-state index in [4.69, 9.17) is 14.2 Å². The molecule has 2 atom stereocenters. The van der Waals surface area contributed by atoms with Gasteiger partial charge in [-0.3, -0.25) is 14.7 Å². The van der Waals surface area contributed by atoms with Crippen LogP contribution in [0.3, 0.4) is 0 Å². The average molecular weight is 546 g/mol. The van der Waals surface area contributed by atoms with Crippen molar-refractivity contribution in [2.45, 2.75) is 63.3 Å². The molecule has 4 aromatic rings. The minimum atomic E-state index is -0.513. The van der Waals surface area contributed by atoms with E-state index in [1.165, 1.54) is 0 Å². The highest BCUT2D eigenvalue weighted by molar-refractivity contribution is 5.83. The Bertz CT molecular complexity index is 1490. The maximum atomic E-state index is 13.9. The molecular weight excluding hydrogens is 510 g/mol. The second-order valence-corrected chi connectivity index (χ2v) is 10.6. The number of ether oxygens (including phenoxy) is 3. The second kappa shape index (κ2) is 11.7. The summed E-state index contributed by atoms with van der Waals surface area (Å²) in [6, 6.07) is 9.28. The lowest BCUT2D eigenvalue weighted by Gasteiger charge is -2.33. The van der Waals surface area contributed by atoms with Gasteiger partial charge in [-0.15, -0.1) is 5.10 Å². The zero-order valence-corrected chi connectivity index (χ0v) is 23.0. The van der Waals surface area contributed by atoms with Gasteiger partial charge in [0.05, 0.1) is 31.9 Å². The van der Waals surface area contributed by atoms with Gasteiger partial charge in [0.2, 0.25) is 0 Å². The van der Waals surface area contributed by atoms with E-state index < -0.39 is 6.04 Å². The van der Waals surface area contributed by atoms with E-state index in [0.29, 0.717) is 41.5 Å². The molecule has 11 heteroatoms.